The highest BCUT2D eigenvalue weighted by Crippen LogP contribution is 2.47. The number of aromatic nitrogens is 1. The second-order valence-electron chi connectivity index (χ2n) is 15.9. The van der Waals surface area contributed by atoms with Crippen molar-refractivity contribution in [2.75, 3.05) is 0 Å². The smallest absolute Gasteiger partial charge is 0.0991 e. The number of rotatable bonds is 2. The highest BCUT2D eigenvalue weighted by atomic mass is 15.0. The lowest BCUT2D eigenvalue weighted by Gasteiger charge is -2.14. The molecule has 0 N–H and O–H groups in total. The highest BCUT2D eigenvalue weighted by molar-refractivity contribution is 6.39. The summed E-state index contributed by atoms with van der Waals surface area (Å²) in [5.41, 5.74) is 6.58. The largest absolute Gasteiger partial charge is 0.309 e. The Morgan fingerprint density at radius 1 is 0.322 bits per heavy atom. The van der Waals surface area contributed by atoms with Gasteiger partial charge in [0.05, 0.1) is 22.7 Å². The Labute approximate surface area is 339 Å². The Morgan fingerprint density at radius 3 is 1.59 bits per heavy atom. The average Bonchev–Trinajstić information content (AvgIpc) is 3.65. The topological polar surface area (TPSA) is 28.7 Å². The summed E-state index contributed by atoms with van der Waals surface area (Å²) in [6.07, 6.45) is 0. The minimum Gasteiger partial charge on any atom is -0.309 e. The molecule has 0 aliphatic carbocycles. The first-order chi connectivity index (χ1) is 29.2. The van der Waals surface area contributed by atoms with E-state index < -0.39 is 0 Å². The molecule has 0 saturated heterocycles. The van der Waals surface area contributed by atoms with Gasteiger partial charge in [0.15, 0.2) is 0 Å². The minimum absolute atomic E-state index is 0.676. The Kier molecular flexibility index (Phi) is 6.54. The van der Waals surface area contributed by atoms with Crippen LogP contribution < -0.4 is 0 Å². The molecule has 2 heteroatoms. The predicted octanol–water partition coefficient (Wildman–Crippen LogP) is 15.5. The fraction of sp³-hybridized carbons (Fsp3) is 0. The number of hydrogen-bond donors (Lipinski definition) is 0. The van der Waals surface area contributed by atoms with Crippen molar-refractivity contribution in [2.24, 2.45) is 0 Å². The molecule has 1 heterocycles. The van der Waals surface area contributed by atoms with Crippen LogP contribution in [0, 0.1) is 11.3 Å². The molecule has 0 unspecified atom stereocenters. The van der Waals surface area contributed by atoms with Gasteiger partial charge in [-0.2, -0.15) is 5.26 Å². The van der Waals surface area contributed by atoms with Crippen LogP contribution in [-0.2, 0) is 0 Å². The van der Waals surface area contributed by atoms with E-state index in [0.29, 0.717) is 5.56 Å². The van der Waals surface area contributed by atoms with Crippen LogP contribution in [0.15, 0.2) is 194 Å². The van der Waals surface area contributed by atoms with E-state index in [9.17, 15) is 5.26 Å². The molecule has 0 spiro atoms. The number of hydrogen-bond acceptors (Lipinski definition) is 1. The highest BCUT2D eigenvalue weighted by Gasteiger charge is 2.22. The van der Waals surface area contributed by atoms with Gasteiger partial charge >= 0.3 is 0 Å². The summed E-state index contributed by atoms with van der Waals surface area (Å²) in [5.74, 6) is 0. The van der Waals surface area contributed by atoms with Crippen LogP contribution >= 0.6 is 0 Å². The fourth-order valence-corrected chi connectivity index (χ4v) is 10.3. The summed E-state index contributed by atoms with van der Waals surface area (Å²) < 4.78 is 2.51. The Morgan fingerprint density at radius 2 is 0.831 bits per heavy atom. The molecule has 1 aromatic heterocycles. The lowest BCUT2D eigenvalue weighted by atomic mass is 9.89. The van der Waals surface area contributed by atoms with E-state index in [1.165, 1.54) is 97.4 Å². The number of fused-ring (bicyclic) bond motifs is 19. The summed E-state index contributed by atoms with van der Waals surface area (Å²) in [5, 5.41) is 31.9. The van der Waals surface area contributed by atoms with Gasteiger partial charge in [-0.15, -0.1) is 0 Å². The lowest BCUT2D eigenvalue weighted by Crippen LogP contribution is -1.95. The second-order valence-corrected chi connectivity index (χ2v) is 15.9. The van der Waals surface area contributed by atoms with Gasteiger partial charge in [-0.25, -0.2) is 0 Å². The van der Waals surface area contributed by atoms with Gasteiger partial charge in [0, 0.05) is 27.2 Å². The molecule has 2 nitrogen and oxygen atoms in total. The van der Waals surface area contributed by atoms with E-state index in [2.05, 4.69) is 193 Å². The summed E-state index contributed by atoms with van der Waals surface area (Å²) in [7, 11) is 0. The van der Waals surface area contributed by atoms with Crippen LogP contribution in [0.4, 0.5) is 0 Å². The molecule has 0 fully saturated rings. The molecule has 0 amide bonds. The Bertz CT molecular complexity index is 4010. The fourth-order valence-electron chi connectivity index (χ4n) is 10.3. The van der Waals surface area contributed by atoms with Crippen molar-refractivity contribution in [1.82, 2.24) is 4.57 Å². The first-order valence-electron chi connectivity index (χ1n) is 20.2. The first kappa shape index (κ1) is 32.1. The molecule has 59 heavy (non-hydrogen) atoms. The maximum Gasteiger partial charge on any atom is 0.0991 e. The lowest BCUT2D eigenvalue weighted by molar-refractivity contribution is 1.19. The maximum absolute atomic E-state index is 9.70. The van der Waals surface area contributed by atoms with Crippen LogP contribution in [0.2, 0.25) is 0 Å². The number of para-hydroxylation sites is 1. The van der Waals surface area contributed by atoms with Crippen molar-refractivity contribution in [3.05, 3.63) is 200 Å². The van der Waals surface area contributed by atoms with E-state index in [4.69, 9.17) is 0 Å². The standard InChI is InChI=1S/C57H32N2/c58-33-34-18-19-36-20-21-37-22-23-38(29-49(37)48(36)28-34)39-25-26-45-50(30-39)42-14-6-7-15-43(42)51-31-53-54(32-52(45)51)59(40-11-2-1-3-12-40)57-47-17-9-8-16-44(47)46-27-24-35-10-4-5-13-41(35)55(46)56(53)57/h1-32H. The SMILES string of the molecule is N#Cc1ccc2ccc3ccc(-c4ccc5c(c4)c4ccccc4c4cc6c7c8c9ccccc9ccc8c8ccccc8c7n(-c7ccccc7)c6cc54)cc3c2c1. The van der Waals surface area contributed by atoms with E-state index in [-0.39, 0.29) is 0 Å². The molecule has 0 aliphatic rings. The van der Waals surface area contributed by atoms with Crippen LogP contribution in [-0.4, -0.2) is 4.57 Å². The summed E-state index contributed by atoms with van der Waals surface area (Å²) in [6.45, 7) is 0. The van der Waals surface area contributed by atoms with Crippen molar-refractivity contribution in [3.63, 3.8) is 0 Å². The van der Waals surface area contributed by atoms with Gasteiger partial charge in [0.1, 0.15) is 0 Å². The maximum atomic E-state index is 9.70. The molecule has 13 aromatic rings. The van der Waals surface area contributed by atoms with Crippen molar-refractivity contribution < 1.29 is 0 Å². The molecular formula is C57H32N2. The zero-order valence-corrected chi connectivity index (χ0v) is 31.9. The molecule has 0 aliphatic heterocycles. The Balaban J connectivity index is 1.17. The summed E-state index contributed by atoms with van der Waals surface area (Å²) in [6, 6.07) is 73.5. The third-order valence-electron chi connectivity index (χ3n) is 12.9. The quantitative estimate of drug-likeness (QED) is 0.162. The zero-order valence-electron chi connectivity index (χ0n) is 31.9. The molecule has 0 bridgehead atoms. The molecule has 270 valence electrons. The van der Waals surface area contributed by atoms with Gasteiger partial charge < -0.3 is 4.57 Å². The van der Waals surface area contributed by atoms with Crippen molar-refractivity contribution in [2.45, 2.75) is 0 Å². The molecule has 13 rings (SSSR count). The number of benzene rings is 12. The zero-order chi connectivity index (χ0) is 38.8. The summed E-state index contributed by atoms with van der Waals surface area (Å²) in [4.78, 5) is 0. The van der Waals surface area contributed by atoms with Gasteiger partial charge in [0.2, 0.25) is 0 Å². The third-order valence-corrected chi connectivity index (χ3v) is 12.9. The van der Waals surface area contributed by atoms with Crippen LogP contribution in [0.5, 0.6) is 0 Å². The molecule has 0 atom stereocenters. The predicted molar refractivity (Wildman–Crippen MR) is 251 cm³/mol. The van der Waals surface area contributed by atoms with E-state index in [1.807, 2.05) is 12.1 Å². The van der Waals surface area contributed by atoms with Gasteiger partial charge in [0.25, 0.3) is 0 Å². The second kappa shape index (κ2) is 12.0. The normalized spacial score (nSPS) is 12.1. The van der Waals surface area contributed by atoms with Crippen LogP contribution in [0.25, 0.3) is 125 Å². The van der Waals surface area contributed by atoms with Gasteiger partial charge in [-0.05, 0) is 135 Å². The molecule has 12 aromatic carbocycles. The van der Waals surface area contributed by atoms with Crippen molar-refractivity contribution in [3.8, 4) is 22.9 Å². The van der Waals surface area contributed by atoms with E-state index in [1.54, 1.807) is 0 Å². The van der Waals surface area contributed by atoms with Gasteiger partial charge in [-0.3, -0.25) is 0 Å². The molecule has 0 radical (unpaired) electrons. The molecular weight excluding hydrogens is 713 g/mol. The van der Waals surface area contributed by atoms with Crippen molar-refractivity contribution >= 4 is 108 Å². The van der Waals surface area contributed by atoms with E-state index in [0.717, 1.165) is 27.4 Å². The molecule has 0 saturated carbocycles. The first-order valence-corrected chi connectivity index (χ1v) is 20.2. The number of nitrogens with zero attached hydrogens (tertiary/aromatic N) is 2. The monoisotopic (exact) mass is 744 g/mol. The van der Waals surface area contributed by atoms with Crippen LogP contribution in [0.1, 0.15) is 5.56 Å². The van der Waals surface area contributed by atoms with E-state index >= 15 is 0 Å². The third kappa shape index (κ3) is 4.50. The summed E-state index contributed by atoms with van der Waals surface area (Å²) >= 11 is 0. The van der Waals surface area contributed by atoms with Crippen molar-refractivity contribution in [1.29, 1.82) is 5.26 Å². The minimum atomic E-state index is 0.676. The number of nitriles is 1. The van der Waals surface area contributed by atoms with Gasteiger partial charge in [-0.1, -0.05) is 146 Å². The van der Waals surface area contributed by atoms with Crippen LogP contribution in [0.3, 0.4) is 0 Å². The average molecular weight is 745 g/mol. The Hall–Kier alpha value is -7.99.